The molecular formula is C62H107NO8. The summed E-state index contributed by atoms with van der Waals surface area (Å²) in [5.41, 5.74) is 0. The summed E-state index contributed by atoms with van der Waals surface area (Å²) in [5.74, 6) is -2.34. The molecule has 0 aliphatic rings. The Morgan fingerprint density at radius 3 is 1.23 bits per heavy atom. The van der Waals surface area contributed by atoms with Crippen LogP contribution in [0.4, 0.5) is 0 Å². The average Bonchev–Trinajstić information content (AvgIpc) is 3.34. The van der Waals surface area contributed by atoms with E-state index in [9.17, 15) is 19.5 Å². The van der Waals surface area contributed by atoms with E-state index in [1.807, 2.05) is 21.1 Å². The molecule has 0 N–H and O–H groups in total. The van der Waals surface area contributed by atoms with Crippen LogP contribution in [0.15, 0.2) is 85.1 Å². The molecule has 2 unspecified atom stereocenters. The van der Waals surface area contributed by atoms with Crippen molar-refractivity contribution in [2.45, 2.75) is 245 Å². The maximum absolute atomic E-state index is 12.8. The third kappa shape index (κ3) is 54.1. The monoisotopic (exact) mass is 994 g/mol. The van der Waals surface area contributed by atoms with E-state index in [0.717, 1.165) is 70.6 Å². The zero-order valence-electron chi connectivity index (χ0n) is 46.3. The molecular weight excluding hydrogens is 887 g/mol. The van der Waals surface area contributed by atoms with Crippen LogP contribution in [-0.2, 0) is 33.3 Å². The Balaban J connectivity index is 4.17. The SMILES string of the molecule is CC/C=C\C/C=C\C/C=C\C/C=C\CCCCC(=O)OC(COC(=O)CCCCCCCCCCCCCCCCCC/C=C\C/C=C\C/C=C\CCCCCCC)COC(OCC[N+](C)(C)C)C(=O)[O-]. The molecule has 9 heteroatoms. The van der Waals surface area contributed by atoms with Gasteiger partial charge in [0.05, 0.1) is 40.3 Å². The predicted molar refractivity (Wildman–Crippen MR) is 297 cm³/mol. The summed E-state index contributed by atoms with van der Waals surface area (Å²) in [7, 11) is 5.90. The van der Waals surface area contributed by atoms with Crippen molar-refractivity contribution in [1.29, 1.82) is 0 Å². The summed E-state index contributed by atoms with van der Waals surface area (Å²) in [6.07, 6.45) is 66.5. The number of hydrogen-bond donors (Lipinski definition) is 0. The highest BCUT2D eigenvalue weighted by Gasteiger charge is 2.22. The van der Waals surface area contributed by atoms with Crippen LogP contribution in [0.1, 0.15) is 232 Å². The zero-order chi connectivity index (χ0) is 52.0. The second kappa shape index (κ2) is 52.8. The van der Waals surface area contributed by atoms with Gasteiger partial charge in [0.15, 0.2) is 12.4 Å². The fraction of sp³-hybridized carbons (Fsp3) is 0.726. The third-order valence-electron chi connectivity index (χ3n) is 12.1. The van der Waals surface area contributed by atoms with Crippen molar-refractivity contribution in [3.8, 4) is 0 Å². The van der Waals surface area contributed by atoms with Crippen LogP contribution >= 0.6 is 0 Å². The summed E-state index contributed by atoms with van der Waals surface area (Å²) >= 11 is 0. The standard InChI is InChI=1S/C62H107NO8/c1-6-8-10-12-14-16-18-20-22-23-24-25-26-27-28-29-30-31-32-33-34-35-36-37-39-40-42-44-46-48-50-52-59(64)69-56-58(57-70-62(61(66)67)68-55-54-63(3,4)5)71-60(65)53-51-49-47-45-43-41-38-21-19-17-15-13-11-9-7-2/h9,11,15,17-18,20-21,23-24,26-27,38,43,45,58,62H,6-8,10,12-14,16,19,22,25,28-37,39-42,44,46-57H2,1-5H3/b11-9-,17-15-,20-18-,24-23-,27-26-,38-21-,45-43-. The molecule has 0 bridgehead atoms. The molecule has 408 valence electrons. The average molecular weight is 995 g/mol. The Kier molecular flexibility index (Phi) is 50.2. The minimum Gasteiger partial charge on any atom is -0.545 e. The summed E-state index contributed by atoms with van der Waals surface area (Å²) in [6.45, 7) is 4.57. The molecule has 0 saturated carbocycles. The Labute approximate surface area is 436 Å². The number of ether oxygens (including phenoxy) is 4. The van der Waals surface area contributed by atoms with Gasteiger partial charge in [-0.2, -0.15) is 0 Å². The molecule has 0 heterocycles. The molecule has 0 spiro atoms. The number of esters is 2. The predicted octanol–water partition coefficient (Wildman–Crippen LogP) is 15.5. The number of nitrogens with zero attached hydrogens (tertiary/aromatic N) is 1. The molecule has 0 aromatic carbocycles. The first-order chi connectivity index (χ1) is 34.6. The molecule has 0 aliphatic carbocycles. The van der Waals surface area contributed by atoms with Crippen molar-refractivity contribution in [3.63, 3.8) is 0 Å². The second-order valence-corrected chi connectivity index (χ2v) is 20.2. The summed E-state index contributed by atoms with van der Waals surface area (Å²) in [4.78, 5) is 37.2. The van der Waals surface area contributed by atoms with Gasteiger partial charge in [-0.15, -0.1) is 0 Å². The Bertz CT molecular complexity index is 1440. The van der Waals surface area contributed by atoms with E-state index in [1.165, 1.54) is 128 Å². The number of carboxylic acid groups (broad SMARTS) is 1. The van der Waals surface area contributed by atoms with Gasteiger partial charge in [-0.25, -0.2) is 0 Å². The van der Waals surface area contributed by atoms with Crippen LogP contribution in [0.5, 0.6) is 0 Å². The van der Waals surface area contributed by atoms with Crippen LogP contribution < -0.4 is 5.11 Å². The van der Waals surface area contributed by atoms with E-state index >= 15 is 0 Å². The van der Waals surface area contributed by atoms with Crippen LogP contribution in [-0.4, -0.2) is 82.3 Å². The number of carboxylic acids is 1. The lowest BCUT2D eigenvalue weighted by molar-refractivity contribution is -0.870. The van der Waals surface area contributed by atoms with E-state index in [4.69, 9.17) is 18.9 Å². The number of carbonyl (C=O) groups is 3. The topological polar surface area (TPSA) is 111 Å². The highest BCUT2D eigenvalue weighted by Crippen LogP contribution is 2.16. The minimum absolute atomic E-state index is 0.136. The maximum atomic E-state index is 12.8. The zero-order valence-corrected chi connectivity index (χ0v) is 46.3. The number of hydrogen-bond acceptors (Lipinski definition) is 8. The van der Waals surface area contributed by atoms with Crippen molar-refractivity contribution in [1.82, 2.24) is 0 Å². The first kappa shape index (κ1) is 67.5. The van der Waals surface area contributed by atoms with Gasteiger partial charge in [0.25, 0.3) is 0 Å². The highest BCUT2D eigenvalue weighted by atomic mass is 16.7. The van der Waals surface area contributed by atoms with E-state index in [0.29, 0.717) is 17.4 Å². The number of allylic oxidation sites excluding steroid dienone is 14. The second-order valence-electron chi connectivity index (χ2n) is 20.2. The molecule has 2 atom stereocenters. The van der Waals surface area contributed by atoms with Gasteiger partial charge in [-0.05, 0) is 89.9 Å². The van der Waals surface area contributed by atoms with E-state index < -0.39 is 24.3 Å². The van der Waals surface area contributed by atoms with Gasteiger partial charge in [0.2, 0.25) is 0 Å². The molecule has 0 aliphatic heterocycles. The molecule has 0 saturated heterocycles. The lowest BCUT2D eigenvalue weighted by atomic mass is 10.0. The molecule has 0 aromatic rings. The molecule has 0 fully saturated rings. The number of quaternary nitrogens is 1. The van der Waals surface area contributed by atoms with Crippen LogP contribution in [0.2, 0.25) is 0 Å². The van der Waals surface area contributed by atoms with Crippen LogP contribution in [0.25, 0.3) is 0 Å². The van der Waals surface area contributed by atoms with Crippen molar-refractivity contribution in [2.75, 3.05) is 47.5 Å². The van der Waals surface area contributed by atoms with E-state index in [2.05, 4.69) is 98.9 Å². The molecule has 0 radical (unpaired) electrons. The van der Waals surface area contributed by atoms with Gasteiger partial charge in [-0.1, -0.05) is 214 Å². The molecule has 9 nitrogen and oxygen atoms in total. The summed E-state index contributed by atoms with van der Waals surface area (Å²) in [5, 5.41) is 11.7. The number of aliphatic carboxylic acids is 1. The van der Waals surface area contributed by atoms with Crippen molar-refractivity contribution in [2.24, 2.45) is 0 Å². The largest absolute Gasteiger partial charge is 0.545 e. The first-order valence-electron chi connectivity index (χ1n) is 28.7. The van der Waals surface area contributed by atoms with Crippen LogP contribution in [0.3, 0.4) is 0 Å². The molecule has 71 heavy (non-hydrogen) atoms. The van der Waals surface area contributed by atoms with Crippen molar-refractivity contribution < 1.29 is 42.9 Å². The number of unbranched alkanes of at least 4 members (excludes halogenated alkanes) is 23. The fourth-order valence-corrected chi connectivity index (χ4v) is 7.71. The van der Waals surface area contributed by atoms with E-state index in [-0.39, 0.29) is 38.6 Å². The quantitative estimate of drug-likeness (QED) is 0.0195. The lowest BCUT2D eigenvalue weighted by Gasteiger charge is -2.26. The van der Waals surface area contributed by atoms with Crippen LogP contribution in [0, 0.1) is 0 Å². The first-order valence-corrected chi connectivity index (χ1v) is 28.7. The molecule has 0 aromatic heterocycles. The Hall–Kier alpha value is -3.53. The number of rotatable bonds is 52. The third-order valence-corrected chi connectivity index (χ3v) is 12.1. The summed E-state index contributed by atoms with van der Waals surface area (Å²) in [6, 6.07) is 0. The Morgan fingerprint density at radius 2 is 0.803 bits per heavy atom. The highest BCUT2D eigenvalue weighted by molar-refractivity contribution is 5.70. The summed E-state index contributed by atoms with van der Waals surface area (Å²) < 4.78 is 22.6. The Morgan fingerprint density at radius 1 is 0.437 bits per heavy atom. The smallest absolute Gasteiger partial charge is 0.306 e. The van der Waals surface area contributed by atoms with Gasteiger partial charge in [0, 0.05) is 12.8 Å². The van der Waals surface area contributed by atoms with Gasteiger partial charge < -0.3 is 33.3 Å². The van der Waals surface area contributed by atoms with Crippen molar-refractivity contribution in [3.05, 3.63) is 85.1 Å². The van der Waals surface area contributed by atoms with Gasteiger partial charge in [0.1, 0.15) is 13.2 Å². The normalized spacial score (nSPS) is 13.4. The maximum Gasteiger partial charge on any atom is 0.306 e. The molecule has 0 rings (SSSR count). The fourth-order valence-electron chi connectivity index (χ4n) is 7.71. The number of likely N-dealkylation sites (N-methyl/N-ethyl adjacent to an activating group) is 1. The number of carbonyl (C=O) groups excluding carboxylic acids is 3. The van der Waals surface area contributed by atoms with E-state index in [1.54, 1.807) is 0 Å². The lowest BCUT2D eigenvalue weighted by Crippen LogP contribution is -2.44. The van der Waals surface area contributed by atoms with Gasteiger partial charge in [-0.3, -0.25) is 9.59 Å². The molecule has 0 amide bonds. The minimum atomic E-state index is -1.64. The van der Waals surface area contributed by atoms with Crippen molar-refractivity contribution >= 4 is 17.9 Å². The van der Waals surface area contributed by atoms with Gasteiger partial charge >= 0.3 is 11.9 Å².